The fourth-order valence-corrected chi connectivity index (χ4v) is 4.04. The number of hydrogen-bond donors (Lipinski definition) is 2. The number of aryl methyl sites for hydroxylation is 2. The highest BCUT2D eigenvalue weighted by Gasteiger charge is 2.35. The van der Waals surface area contributed by atoms with E-state index < -0.39 is 24.4 Å². The number of ether oxygens (including phenoxy) is 1. The fraction of sp³-hybridized carbons (Fsp3) is 0.148. The van der Waals surface area contributed by atoms with Crippen molar-refractivity contribution in [3.63, 3.8) is 0 Å². The van der Waals surface area contributed by atoms with Gasteiger partial charge in [-0.1, -0.05) is 57.9 Å². The minimum atomic E-state index is -0.655. The first-order chi connectivity index (χ1) is 16.8. The molecule has 4 rings (SSSR count). The number of carbonyl (C=O) groups is 3. The Hall–Kier alpha value is -3.91. The van der Waals surface area contributed by atoms with Gasteiger partial charge in [0, 0.05) is 15.7 Å². The Balaban J connectivity index is 1.48. The third-order valence-electron chi connectivity index (χ3n) is 5.31. The van der Waals surface area contributed by atoms with Crippen LogP contribution in [0.15, 0.2) is 76.9 Å². The lowest BCUT2D eigenvalue weighted by Crippen LogP contribution is -2.38. The number of carbonyl (C=O) groups excluding carboxylic acids is 3. The van der Waals surface area contributed by atoms with Crippen LogP contribution in [0.4, 0.5) is 10.5 Å². The number of halogens is 1. The molecule has 0 spiro atoms. The van der Waals surface area contributed by atoms with Crippen molar-refractivity contribution in [1.82, 2.24) is 10.2 Å². The van der Waals surface area contributed by atoms with E-state index in [0.717, 1.165) is 26.1 Å². The van der Waals surface area contributed by atoms with Crippen molar-refractivity contribution in [2.45, 2.75) is 20.5 Å². The first-order valence-electron chi connectivity index (χ1n) is 11.0. The summed E-state index contributed by atoms with van der Waals surface area (Å²) in [4.78, 5) is 38.7. The van der Waals surface area contributed by atoms with Crippen LogP contribution in [0, 0.1) is 13.8 Å². The average Bonchev–Trinajstić information content (AvgIpc) is 3.06. The van der Waals surface area contributed by atoms with E-state index in [0.29, 0.717) is 23.6 Å². The molecule has 1 aliphatic heterocycles. The SMILES string of the molecule is Cc1cccc(COc2ccc(Br)cc2/C=C2/NC(=O)N(CC(=O)Nc3cccc(C)c3)C2=O)c1. The molecule has 0 radical (unpaired) electrons. The highest BCUT2D eigenvalue weighted by molar-refractivity contribution is 9.10. The zero-order valence-corrected chi connectivity index (χ0v) is 20.9. The van der Waals surface area contributed by atoms with E-state index in [4.69, 9.17) is 4.74 Å². The predicted octanol–water partition coefficient (Wildman–Crippen LogP) is 5.18. The lowest BCUT2D eigenvalue weighted by Gasteiger charge is -2.12. The molecule has 0 bridgehead atoms. The number of nitrogens with one attached hydrogen (secondary N) is 2. The minimum absolute atomic E-state index is 0.0665. The molecular weight excluding hydrogens is 510 g/mol. The highest BCUT2D eigenvalue weighted by atomic mass is 79.9. The van der Waals surface area contributed by atoms with Gasteiger partial charge in [-0.25, -0.2) is 9.69 Å². The molecule has 8 heteroatoms. The van der Waals surface area contributed by atoms with Gasteiger partial charge in [-0.2, -0.15) is 0 Å². The number of benzene rings is 3. The third-order valence-corrected chi connectivity index (χ3v) is 5.81. The Kier molecular flexibility index (Phi) is 7.31. The van der Waals surface area contributed by atoms with Gasteiger partial charge in [-0.05, 0) is 61.4 Å². The van der Waals surface area contributed by atoms with E-state index in [1.165, 1.54) is 0 Å². The molecule has 0 unspecified atom stereocenters. The maximum absolute atomic E-state index is 12.9. The number of amides is 4. The zero-order valence-electron chi connectivity index (χ0n) is 19.3. The Morgan fingerprint density at radius 3 is 2.51 bits per heavy atom. The largest absolute Gasteiger partial charge is 0.488 e. The summed E-state index contributed by atoms with van der Waals surface area (Å²) in [7, 11) is 0. The molecule has 1 heterocycles. The van der Waals surface area contributed by atoms with Gasteiger partial charge in [-0.15, -0.1) is 0 Å². The molecule has 1 saturated heterocycles. The number of urea groups is 1. The molecule has 7 nitrogen and oxygen atoms in total. The standard InChI is InChI=1S/C27H24BrN3O4/c1-17-5-3-7-19(11-17)16-35-24-10-9-21(28)13-20(24)14-23-26(33)31(27(34)30-23)15-25(32)29-22-8-4-6-18(2)12-22/h3-14H,15-16H2,1-2H3,(H,29,32)(H,30,34)/b23-14+. The summed E-state index contributed by atoms with van der Waals surface area (Å²) in [5, 5.41) is 5.27. The normalized spacial score (nSPS) is 14.3. The van der Waals surface area contributed by atoms with Crippen LogP contribution < -0.4 is 15.4 Å². The molecule has 2 N–H and O–H groups in total. The highest BCUT2D eigenvalue weighted by Crippen LogP contribution is 2.27. The van der Waals surface area contributed by atoms with Gasteiger partial charge in [-0.3, -0.25) is 9.59 Å². The summed E-state index contributed by atoms with van der Waals surface area (Å²) in [6.45, 7) is 3.88. The molecular formula is C27H24BrN3O4. The molecule has 0 atom stereocenters. The third kappa shape index (κ3) is 6.16. The molecule has 3 aromatic rings. The van der Waals surface area contributed by atoms with E-state index in [9.17, 15) is 14.4 Å². The molecule has 1 aliphatic rings. The molecule has 0 saturated carbocycles. The van der Waals surface area contributed by atoms with Gasteiger partial charge in [0.25, 0.3) is 5.91 Å². The van der Waals surface area contributed by atoms with Gasteiger partial charge < -0.3 is 15.4 Å². The quantitative estimate of drug-likeness (QED) is 0.323. The number of hydrogen-bond acceptors (Lipinski definition) is 4. The molecule has 4 amide bonds. The Morgan fingerprint density at radius 2 is 1.77 bits per heavy atom. The topological polar surface area (TPSA) is 87.7 Å². The van der Waals surface area contributed by atoms with Crippen molar-refractivity contribution < 1.29 is 19.1 Å². The summed E-state index contributed by atoms with van der Waals surface area (Å²) in [6.07, 6.45) is 1.55. The summed E-state index contributed by atoms with van der Waals surface area (Å²) in [6, 6.07) is 20.0. The Morgan fingerprint density at radius 1 is 1.03 bits per heavy atom. The molecule has 178 valence electrons. The first-order valence-corrected chi connectivity index (χ1v) is 11.8. The molecule has 1 fully saturated rings. The van der Waals surface area contributed by atoms with Gasteiger partial charge in [0.05, 0.1) is 0 Å². The van der Waals surface area contributed by atoms with Crippen molar-refractivity contribution >= 4 is 45.5 Å². The van der Waals surface area contributed by atoms with E-state index in [-0.39, 0.29) is 5.70 Å². The van der Waals surface area contributed by atoms with Crippen molar-refractivity contribution in [3.8, 4) is 5.75 Å². The molecule has 3 aromatic carbocycles. The summed E-state index contributed by atoms with van der Waals surface area (Å²) >= 11 is 3.44. The fourth-order valence-electron chi connectivity index (χ4n) is 3.66. The zero-order chi connectivity index (χ0) is 24.9. The van der Waals surface area contributed by atoms with Gasteiger partial charge in [0.1, 0.15) is 24.6 Å². The predicted molar refractivity (Wildman–Crippen MR) is 138 cm³/mol. The second kappa shape index (κ2) is 10.6. The first kappa shape index (κ1) is 24.2. The van der Waals surface area contributed by atoms with E-state index in [2.05, 4.69) is 26.6 Å². The summed E-state index contributed by atoms with van der Waals surface area (Å²) < 4.78 is 6.80. The minimum Gasteiger partial charge on any atom is -0.488 e. The summed E-state index contributed by atoms with van der Waals surface area (Å²) in [5.74, 6) is -0.496. The second-order valence-corrected chi connectivity index (χ2v) is 9.17. The number of anilines is 1. The Labute approximate surface area is 211 Å². The van der Waals surface area contributed by atoms with Crippen LogP contribution in [0.2, 0.25) is 0 Å². The average molecular weight is 534 g/mol. The number of imide groups is 1. The lowest BCUT2D eigenvalue weighted by atomic mass is 10.1. The van der Waals surface area contributed by atoms with Gasteiger partial charge >= 0.3 is 6.03 Å². The van der Waals surface area contributed by atoms with Crippen molar-refractivity contribution in [3.05, 3.63) is 99.2 Å². The van der Waals surface area contributed by atoms with Crippen molar-refractivity contribution in [2.24, 2.45) is 0 Å². The van der Waals surface area contributed by atoms with Crippen LogP contribution in [0.5, 0.6) is 5.75 Å². The van der Waals surface area contributed by atoms with Crippen LogP contribution in [0.3, 0.4) is 0 Å². The lowest BCUT2D eigenvalue weighted by molar-refractivity contribution is -0.127. The number of rotatable bonds is 7. The van der Waals surface area contributed by atoms with E-state index >= 15 is 0 Å². The summed E-state index contributed by atoms with van der Waals surface area (Å²) in [5.41, 5.74) is 4.41. The van der Waals surface area contributed by atoms with Gasteiger partial charge in [0.15, 0.2) is 0 Å². The molecule has 35 heavy (non-hydrogen) atoms. The van der Waals surface area contributed by atoms with Crippen LogP contribution in [0.25, 0.3) is 6.08 Å². The monoisotopic (exact) mass is 533 g/mol. The molecule has 0 aliphatic carbocycles. The second-order valence-electron chi connectivity index (χ2n) is 8.26. The maximum atomic E-state index is 12.9. The van der Waals surface area contributed by atoms with Crippen molar-refractivity contribution in [1.29, 1.82) is 0 Å². The van der Waals surface area contributed by atoms with Crippen LogP contribution >= 0.6 is 15.9 Å². The van der Waals surface area contributed by atoms with Gasteiger partial charge in [0.2, 0.25) is 5.91 Å². The van der Waals surface area contributed by atoms with E-state index in [1.54, 1.807) is 30.3 Å². The molecule has 0 aromatic heterocycles. The van der Waals surface area contributed by atoms with E-state index in [1.807, 2.05) is 56.3 Å². The van der Waals surface area contributed by atoms with Crippen LogP contribution in [-0.4, -0.2) is 29.3 Å². The van der Waals surface area contributed by atoms with Crippen LogP contribution in [-0.2, 0) is 16.2 Å². The Bertz CT molecular complexity index is 1340. The van der Waals surface area contributed by atoms with Crippen molar-refractivity contribution in [2.75, 3.05) is 11.9 Å². The number of nitrogens with zero attached hydrogens (tertiary/aromatic N) is 1. The van der Waals surface area contributed by atoms with Crippen LogP contribution in [0.1, 0.15) is 22.3 Å². The maximum Gasteiger partial charge on any atom is 0.329 e. The smallest absolute Gasteiger partial charge is 0.329 e.